The van der Waals surface area contributed by atoms with E-state index >= 15 is 0 Å². The van der Waals surface area contributed by atoms with E-state index in [2.05, 4.69) is 10.1 Å². The average Bonchev–Trinajstić information content (AvgIpc) is 2.31. The van der Waals surface area contributed by atoms with E-state index in [4.69, 9.17) is 0 Å². The summed E-state index contributed by atoms with van der Waals surface area (Å²) >= 11 is 0. The molecule has 2 unspecified atom stereocenters. The highest BCUT2D eigenvalue weighted by Crippen LogP contribution is 2.31. The highest BCUT2D eigenvalue weighted by Gasteiger charge is 2.47. The van der Waals surface area contributed by atoms with E-state index in [0.717, 1.165) is 0 Å². The minimum Gasteiger partial charge on any atom is -0.379 e. The number of rotatable bonds is 1. The number of halogens is 3. The Balaban J connectivity index is 2.57. The molecule has 0 aromatic heterocycles. The van der Waals surface area contributed by atoms with Gasteiger partial charge in [-0.25, -0.2) is 0 Å². The van der Waals surface area contributed by atoms with Gasteiger partial charge in [-0.1, -0.05) is 0 Å². The van der Waals surface area contributed by atoms with Crippen LogP contribution in [0.25, 0.3) is 0 Å². The maximum absolute atomic E-state index is 12.1. The van der Waals surface area contributed by atoms with Crippen molar-refractivity contribution in [2.75, 3.05) is 20.2 Å². The van der Waals surface area contributed by atoms with Crippen LogP contribution >= 0.6 is 0 Å². The van der Waals surface area contributed by atoms with E-state index in [1.807, 2.05) is 0 Å². The molecular weight excluding hydrogens is 159 g/mol. The molecule has 0 bridgehead atoms. The zero-order valence-corrected chi connectivity index (χ0v) is 6.11. The maximum atomic E-state index is 12.1. The van der Waals surface area contributed by atoms with Crippen LogP contribution in [0.15, 0.2) is 0 Å². The Kier molecular flexibility index (Phi) is 2.39. The van der Waals surface area contributed by atoms with Crippen LogP contribution in [-0.2, 0) is 4.74 Å². The van der Waals surface area contributed by atoms with Crippen molar-refractivity contribution in [2.45, 2.75) is 12.3 Å². The van der Waals surface area contributed by atoms with E-state index in [1.165, 1.54) is 7.11 Å². The molecule has 1 heterocycles. The number of alkyl halides is 3. The lowest BCUT2D eigenvalue weighted by atomic mass is 10.1. The van der Waals surface area contributed by atoms with Gasteiger partial charge < -0.3 is 10.1 Å². The molecule has 66 valence electrons. The van der Waals surface area contributed by atoms with Gasteiger partial charge in [0.05, 0.1) is 12.0 Å². The molecular formula is C6H10F3NO. The van der Waals surface area contributed by atoms with Crippen LogP contribution in [0.3, 0.4) is 0 Å². The van der Waals surface area contributed by atoms with Crippen LogP contribution in [-0.4, -0.2) is 32.5 Å². The molecule has 0 saturated carbocycles. The van der Waals surface area contributed by atoms with Crippen molar-refractivity contribution in [3.05, 3.63) is 0 Å². The molecule has 1 aliphatic rings. The van der Waals surface area contributed by atoms with Gasteiger partial charge in [-0.3, -0.25) is 0 Å². The Labute approximate surface area is 62.7 Å². The summed E-state index contributed by atoms with van der Waals surface area (Å²) < 4.78 is 40.9. The summed E-state index contributed by atoms with van der Waals surface area (Å²) in [5, 5.41) is 2.63. The van der Waals surface area contributed by atoms with Crippen molar-refractivity contribution in [1.29, 1.82) is 0 Å². The third kappa shape index (κ3) is 1.84. The number of methoxy groups -OCH3 is 1. The van der Waals surface area contributed by atoms with Crippen LogP contribution < -0.4 is 5.32 Å². The Morgan fingerprint density at radius 1 is 1.36 bits per heavy atom. The van der Waals surface area contributed by atoms with Crippen LogP contribution in [0.1, 0.15) is 0 Å². The first-order valence-corrected chi connectivity index (χ1v) is 3.36. The molecule has 1 aliphatic heterocycles. The fraction of sp³-hybridized carbons (Fsp3) is 1.00. The van der Waals surface area contributed by atoms with Crippen molar-refractivity contribution < 1.29 is 17.9 Å². The van der Waals surface area contributed by atoms with E-state index in [1.54, 1.807) is 0 Å². The molecule has 2 atom stereocenters. The quantitative estimate of drug-likeness (QED) is 0.626. The number of hydrogen-bond acceptors (Lipinski definition) is 2. The summed E-state index contributed by atoms with van der Waals surface area (Å²) in [4.78, 5) is 0. The molecule has 0 aromatic carbocycles. The number of ether oxygens (including phenoxy) is 1. The van der Waals surface area contributed by atoms with E-state index in [9.17, 15) is 13.2 Å². The molecule has 0 amide bonds. The first-order valence-electron chi connectivity index (χ1n) is 3.36. The summed E-state index contributed by atoms with van der Waals surface area (Å²) in [6, 6.07) is 0. The van der Waals surface area contributed by atoms with Gasteiger partial charge in [0, 0.05) is 20.2 Å². The fourth-order valence-electron chi connectivity index (χ4n) is 1.23. The lowest BCUT2D eigenvalue weighted by Gasteiger charge is -2.19. The Hall–Kier alpha value is -0.290. The minimum absolute atomic E-state index is 0.0258. The lowest BCUT2D eigenvalue weighted by Crippen LogP contribution is -2.33. The second-order valence-electron chi connectivity index (χ2n) is 2.58. The average molecular weight is 169 g/mol. The van der Waals surface area contributed by atoms with Gasteiger partial charge in [-0.05, 0) is 0 Å². The topological polar surface area (TPSA) is 21.3 Å². The van der Waals surface area contributed by atoms with E-state index in [0.29, 0.717) is 6.54 Å². The second kappa shape index (κ2) is 2.98. The van der Waals surface area contributed by atoms with Crippen molar-refractivity contribution in [3.63, 3.8) is 0 Å². The standard InChI is InChI=1S/C6H10F3NO/c1-11-5-3-10-2-4(5)6(7,8)9/h4-5,10H,2-3H2,1H3. The highest BCUT2D eigenvalue weighted by atomic mass is 19.4. The summed E-state index contributed by atoms with van der Waals surface area (Å²) in [6.07, 6.45) is -4.85. The first kappa shape index (κ1) is 8.80. The maximum Gasteiger partial charge on any atom is 0.395 e. The third-order valence-electron chi connectivity index (χ3n) is 1.88. The predicted molar refractivity (Wildman–Crippen MR) is 33.2 cm³/mol. The lowest BCUT2D eigenvalue weighted by molar-refractivity contribution is -0.191. The van der Waals surface area contributed by atoms with Crippen LogP contribution in [0.2, 0.25) is 0 Å². The third-order valence-corrected chi connectivity index (χ3v) is 1.88. The summed E-state index contributed by atoms with van der Waals surface area (Å²) in [6.45, 7) is 0.267. The zero-order chi connectivity index (χ0) is 8.48. The fourth-order valence-corrected chi connectivity index (χ4v) is 1.23. The summed E-state index contributed by atoms with van der Waals surface area (Å²) in [5.41, 5.74) is 0. The van der Waals surface area contributed by atoms with Gasteiger partial charge in [0.2, 0.25) is 0 Å². The summed E-state index contributed by atoms with van der Waals surface area (Å²) in [7, 11) is 1.30. The monoisotopic (exact) mass is 169 g/mol. The number of nitrogens with one attached hydrogen (secondary N) is 1. The van der Waals surface area contributed by atoms with E-state index < -0.39 is 18.2 Å². The van der Waals surface area contributed by atoms with Crippen LogP contribution in [0.5, 0.6) is 0 Å². The van der Waals surface area contributed by atoms with Crippen molar-refractivity contribution >= 4 is 0 Å². The minimum atomic E-state index is -4.13. The Morgan fingerprint density at radius 2 is 2.00 bits per heavy atom. The SMILES string of the molecule is COC1CNCC1C(F)(F)F. The van der Waals surface area contributed by atoms with Crippen molar-refractivity contribution in [3.8, 4) is 0 Å². The Morgan fingerprint density at radius 3 is 2.36 bits per heavy atom. The van der Waals surface area contributed by atoms with Crippen LogP contribution in [0, 0.1) is 5.92 Å². The van der Waals surface area contributed by atoms with Gasteiger partial charge in [-0.2, -0.15) is 13.2 Å². The largest absolute Gasteiger partial charge is 0.395 e. The molecule has 1 N–H and O–H groups in total. The van der Waals surface area contributed by atoms with Gasteiger partial charge in [-0.15, -0.1) is 0 Å². The molecule has 0 aliphatic carbocycles. The second-order valence-corrected chi connectivity index (χ2v) is 2.58. The molecule has 0 aromatic rings. The predicted octanol–water partition coefficient (Wildman–Crippen LogP) is 0.783. The van der Waals surface area contributed by atoms with Crippen molar-refractivity contribution in [2.24, 2.45) is 5.92 Å². The molecule has 1 saturated heterocycles. The summed E-state index contributed by atoms with van der Waals surface area (Å²) in [5.74, 6) is -1.34. The zero-order valence-electron chi connectivity index (χ0n) is 6.11. The smallest absolute Gasteiger partial charge is 0.379 e. The van der Waals surface area contributed by atoms with Gasteiger partial charge in [0.15, 0.2) is 0 Å². The molecule has 0 radical (unpaired) electrons. The van der Waals surface area contributed by atoms with Crippen LogP contribution in [0.4, 0.5) is 13.2 Å². The molecule has 1 rings (SSSR count). The Bertz CT molecular complexity index is 136. The van der Waals surface area contributed by atoms with Gasteiger partial charge >= 0.3 is 6.18 Å². The molecule has 5 heteroatoms. The van der Waals surface area contributed by atoms with E-state index in [-0.39, 0.29) is 6.54 Å². The molecule has 2 nitrogen and oxygen atoms in total. The van der Waals surface area contributed by atoms with Gasteiger partial charge in [0.25, 0.3) is 0 Å². The molecule has 1 fully saturated rings. The first-order chi connectivity index (χ1) is 5.05. The molecule has 11 heavy (non-hydrogen) atoms. The highest BCUT2D eigenvalue weighted by molar-refractivity contribution is 4.86. The number of hydrogen-bond donors (Lipinski definition) is 1. The normalized spacial score (nSPS) is 32.7. The van der Waals surface area contributed by atoms with Crippen molar-refractivity contribution in [1.82, 2.24) is 5.32 Å². The molecule has 0 spiro atoms. The van der Waals surface area contributed by atoms with Gasteiger partial charge in [0.1, 0.15) is 0 Å².